The molecule has 0 saturated carbocycles. The molecule has 2 fully saturated rings. The van der Waals surface area contributed by atoms with E-state index >= 15 is 0 Å². The number of aromatic nitrogens is 3. The van der Waals surface area contributed by atoms with Gasteiger partial charge in [-0.05, 0) is 43.5 Å². The Morgan fingerprint density at radius 1 is 0.750 bits per heavy atom. The fourth-order valence-corrected chi connectivity index (χ4v) is 4.28. The molecule has 0 amide bonds. The van der Waals surface area contributed by atoms with Gasteiger partial charge in [0.25, 0.3) is 0 Å². The fourth-order valence-electron chi connectivity index (χ4n) is 4.28. The van der Waals surface area contributed by atoms with Gasteiger partial charge >= 0.3 is 0 Å². The molecule has 2 aliphatic rings. The molecule has 2 aliphatic heterocycles. The molecule has 2 aromatic heterocycles. The van der Waals surface area contributed by atoms with Crippen molar-refractivity contribution in [2.75, 3.05) is 54.0 Å². The molecule has 2 saturated heterocycles. The van der Waals surface area contributed by atoms with Crippen molar-refractivity contribution in [2.24, 2.45) is 0 Å². The van der Waals surface area contributed by atoms with Gasteiger partial charge in [-0.25, -0.2) is 4.98 Å². The van der Waals surface area contributed by atoms with Crippen LogP contribution in [0.25, 0.3) is 10.9 Å². The van der Waals surface area contributed by atoms with Crippen LogP contribution in [-0.2, 0) is 0 Å². The second-order valence-electron chi connectivity index (χ2n) is 7.73. The largest absolute Gasteiger partial charge is 0.367 e. The first-order chi connectivity index (χ1) is 13.8. The number of piperazine rings is 1. The van der Waals surface area contributed by atoms with E-state index in [9.17, 15) is 0 Å². The number of rotatable bonds is 3. The minimum Gasteiger partial charge on any atom is -0.367 e. The third kappa shape index (κ3) is 3.23. The average Bonchev–Trinajstić information content (AvgIpc) is 3.28. The van der Waals surface area contributed by atoms with E-state index in [0.29, 0.717) is 0 Å². The first-order valence-corrected chi connectivity index (χ1v) is 10.2. The highest BCUT2D eigenvalue weighted by atomic mass is 15.3. The lowest BCUT2D eigenvalue weighted by Gasteiger charge is -2.37. The summed E-state index contributed by atoms with van der Waals surface area (Å²) in [5, 5.41) is 1.24. The Morgan fingerprint density at radius 2 is 1.50 bits per heavy atom. The molecular formula is C22H26N6. The van der Waals surface area contributed by atoms with Crippen LogP contribution in [0.3, 0.4) is 0 Å². The Morgan fingerprint density at radius 3 is 2.32 bits per heavy atom. The zero-order chi connectivity index (χ0) is 18.9. The minimum atomic E-state index is 0.882. The summed E-state index contributed by atoms with van der Waals surface area (Å²) < 4.78 is 0. The Kier molecular flexibility index (Phi) is 4.47. The molecule has 0 atom stereocenters. The molecule has 144 valence electrons. The first-order valence-electron chi connectivity index (χ1n) is 10.2. The monoisotopic (exact) mass is 374 g/mol. The zero-order valence-corrected chi connectivity index (χ0v) is 16.4. The number of benzene rings is 1. The van der Waals surface area contributed by atoms with Gasteiger partial charge in [0.1, 0.15) is 5.82 Å². The van der Waals surface area contributed by atoms with Gasteiger partial charge in [-0.15, -0.1) is 0 Å². The maximum absolute atomic E-state index is 4.85. The number of fused-ring (bicyclic) bond motifs is 1. The van der Waals surface area contributed by atoms with E-state index in [4.69, 9.17) is 4.98 Å². The summed E-state index contributed by atoms with van der Waals surface area (Å²) in [6.07, 6.45) is 6.31. The summed E-state index contributed by atoms with van der Waals surface area (Å²) in [4.78, 5) is 21.0. The average molecular weight is 374 g/mol. The number of hydrogen-bond acceptors (Lipinski definition) is 6. The number of anilines is 3. The van der Waals surface area contributed by atoms with Gasteiger partial charge in [-0.2, -0.15) is 4.98 Å². The summed E-state index contributed by atoms with van der Waals surface area (Å²) in [5.74, 6) is 1.93. The van der Waals surface area contributed by atoms with E-state index in [0.717, 1.165) is 56.6 Å². The predicted molar refractivity (Wildman–Crippen MR) is 114 cm³/mol. The highest BCUT2D eigenvalue weighted by Crippen LogP contribution is 2.28. The summed E-state index contributed by atoms with van der Waals surface area (Å²) in [6, 6.07) is 10.7. The molecule has 0 N–H and O–H groups in total. The van der Waals surface area contributed by atoms with Crippen molar-refractivity contribution in [1.82, 2.24) is 15.0 Å². The van der Waals surface area contributed by atoms with Crippen molar-refractivity contribution < 1.29 is 0 Å². The van der Waals surface area contributed by atoms with Crippen molar-refractivity contribution in [3.63, 3.8) is 0 Å². The molecular weight excluding hydrogens is 348 g/mol. The van der Waals surface area contributed by atoms with Crippen molar-refractivity contribution in [2.45, 2.75) is 19.8 Å². The van der Waals surface area contributed by atoms with Gasteiger partial charge in [0.2, 0.25) is 5.95 Å². The molecule has 6 heteroatoms. The van der Waals surface area contributed by atoms with Crippen molar-refractivity contribution in [3.05, 3.63) is 48.3 Å². The molecule has 1 aromatic carbocycles. The third-order valence-corrected chi connectivity index (χ3v) is 5.84. The Balaban J connectivity index is 1.32. The number of hydrogen-bond donors (Lipinski definition) is 0. The number of pyridine rings is 1. The Hall–Kier alpha value is -2.89. The van der Waals surface area contributed by atoms with E-state index < -0.39 is 0 Å². The van der Waals surface area contributed by atoms with Crippen LogP contribution in [0.2, 0.25) is 0 Å². The van der Waals surface area contributed by atoms with E-state index in [1.807, 2.05) is 18.5 Å². The van der Waals surface area contributed by atoms with E-state index in [2.05, 4.69) is 55.9 Å². The van der Waals surface area contributed by atoms with Gasteiger partial charge in [-0.1, -0.05) is 12.1 Å². The standard InChI is InChI=1S/C22H26N6/c1-17-4-5-18-19(16-17)23-8-6-20(18)26-12-14-27(15-13-26)21-7-9-24-22(25-21)28-10-2-3-11-28/h4-9,16H,2-3,10-15H2,1H3. The van der Waals surface area contributed by atoms with Crippen LogP contribution in [-0.4, -0.2) is 54.2 Å². The highest BCUT2D eigenvalue weighted by molar-refractivity contribution is 5.92. The van der Waals surface area contributed by atoms with Crippen LogP contribution in [0.15, 0.2) is 42.7 Å². The maximum Gasteiger partial charge on any atom is 0.227 e. The minimum absolute atomic E-state index is 0.882. The lowest BCUT2D eigenvalue weighted by molar-refractivity contribution is 0.647. The summed E-state index contributed by atoms with van der Waals surface area (Å²) in [7, 11) is 0. The van der Waals surface area contributed by atoms with E-state index in [1.54, 1.807) is 0 Å². The Bertz CT molecular complexity index is 974. The normalized spacial score (nSPS) is 17.5. The smallest absolute Gasteiger partial charge is 0.227 e. The molecule has 3 aromatic rings. The quantitative estimate of drug-likeness (QED) is 0.701. The molecule has 28 heavy (non-hydrogen) atoms. The van der Waals surface area contributed by atoms with Gasteiger partial charge in [0, 0.05) is 62.7 Å². The summed E-state index contributed by atoms with van der Waals surface area (Å²) in [6.45, 7) is 8.16. The maximum atomic E-state index is 4.85. The van der Waals surface area contributed by atoms with Crippen LogP contribution < -0.4 is 14.7 Å². The van der Waals surface area contributed by atoms with Crippen LogP contribution in [0.4, 0.5) is 17.5 Å². The highest BCUT2D eigenvalue weighted by Gasteiger charge is 2.21. The summed E-state index contributed by atoms with van der Waals surface area (Å²) in [5.41, 5.74) is 3.61. The molecule has 0 unspecified atom stereocenters. The van der Waals surface area contributed by atoms with Crippen molar-refractivity contribution in [1.29, 1.82) is 0 Å². The lowest BCUT2D eigenvalue weighted by Crippen LogP contribution is -2.47. The number of aryl methyl sites for hydroxylation is 1. The second-order valence-corrected chi connectivity index (χ2v) is 7.73. The van der Waals surface area contributed by atoms with E-state index in [1.165, 1.54) is 29.5 Å². The second kappa shape index (κ2) is 7.26. The van der Waals surface area contributed by atoms with Crippen molar-refractivity contribution >= 4 is 28.4 Å². The predicted octanol–water partition coefficient (Wildman–Crippen LogP) is 3.26. The van der Waals surface area contributed by atoms with Gasteiger partial charge in [-0.3, -0.25) is 4.98 Å². The summed E-state index contributed by atoms with van der Waals surface area (Å²) >= 11 is 0. The molecule has 4 heterocycles. The first kappa shape index (κ1) is 17.2. The van der Waals surface area contributed by atoms with Gasteiger partial charge in [0.15, 0.2) is 0 Å². The van der Waals surface area contributed by atoms with Gasteiger partial charge < -0.3 is 14.7 Å². The topological polar surface area (TPSA) is 48.4 Å². The fraction of sp³-hybridized carbons (Fsp3) is 0.409. The SMILES string of the molecule is Cc1ccc2c(N3CCN(c4ccnc(N5CCCC5)n4)CC3)ccnc2c1. The molecule has 0 bridgehead atoms. The van der Waals surface area contributed by atoms with Crippen LogP contribution in [0.1, 0.15) is 18.4 Å². The van der Waals surface area contributed by atoms with Gasteiger partial charge in [0.05, 0.1) is 5.52 Å². The molecule has 0 spiro atoms. The molecule has 0 aliphatic carbocycles. The Labute approximate surface area is 165 Å². The van der Waals surface area contributed by atoms with E-state index in [-0.39, 0.29) is 0 Å². The van der Waals surface area contributed by atoms with Crippen LogP contribution >= 0.6 is 0 Å². The third-order valence-electron chi connectivity index (χ3n) is 5.84. The van der Waals surface area contributed by atoms with Crippen molar-refractivity contribution in [3.8, 4) is 0 Å². The van der Waals surface area contributed by atoms with Crippen LogP contribution in [0.5, 0.6) is 0 Å². The molecule has 6 nitrogen and oxygen atoms in total. The molecule has 5 rings (SSSR count). The zero-order valence-electron chi connectivity index (χ0n) is 16.4. The molecule has 0 radical (unpaired) electrons. The number of nitrogens with zero attached hydrogens (tertiary/aromatic N) is 6. The van der Waals surface area contributed by atoms with Crippen LogP contribution in [0, 0.1) is 6.92 Å². The lowest BCUT2D eigenvalue weighted by atomic mass is 10.1.